The summed E-state index contributed by atoms with van der Waals surface area (Å²) in [7, 11) is 0. The van der Waals surface area contributed by atoms with Crippen LogP contribution in [0.2, 0.25) is 0 Å². The molecule has 0 rings (SSSR count). The molecule has 0 saturated carbocycles. The van der Waals surface area contributed by atoms with Crippen molar-refractivity contribution in [3.8, 4) is 0 Å². The molecular formula is C39H70. The van der Waals surface area contributed by atoms with Crippen LogP contribution >= 0.6 is 0 Å². The van der Waals surface area contributed by atoms with E-state index in [0.717, 1.165) is 12.8 Å². The van der Waals surface area contributed by atoms with Gasteiger partial charge in [0.1, 0.15) is 0 Å². The van der Waals surface area contributed by atoms with Gasteiger partial charge >= 0.3 is 0 Å². The largest absolute Gasteiger partial charge is 0.0885 e. The van der Waals surface area contributed by atoms with Gasteiger partial charge in [0.25, 0.3) is 0 Å². The molecule has 39 heavy (non-hydrogen) atoms. The third-order valence-electron chi connectivity index (χ3n) is 7.81. The van der Waals surface area contributed by atoms with E-state index in [1.165, 1.54) is 154 Å². The summed E-state index contributed by atoms with van der Waals surface area (Å²) in [5.41, 5.74) is 1.71. The van der Waals surface area contributed by atoms with Gasteiger partial charge in [-0.1, -0.05) is 151 Å². The summed E-state index contributed by atoms with van der Waals surface area (Å²) in [6.45, 7) is 6.79. The van der Waals surface area contributed by atoms with Crippen LogP contribution in [0.25, 0.3) is 0 Å². The van der Waals surface area contributed by atoms with Gasteiger partial charge in [-0.05, 0) is 96.8 Å². The smallest absolute Gasteiger partial charge is 0.0169 e. The quantitative estimate of drug-likeness (QED) is 0.0630. The van der Waals surface area contributed by atoms with Crippen LogP contribution in [-0.4, -0.2) is 0 Å². The Bertz CT molecular complexity index is 550. The molecule has 0 bridgehead atoms. The Morgan fingerprint density at radius 2 is 0.667 bits per heavy atom. The van der Waals surface area contributed by atoms with E-state index in [1.807, 2.05) is 0 Å². The van der Waals surface area contributed by atoms with Crippen LogP contribution in [0.4, 0.5) is 0 Å². The molecule has 0 aromatic rings. The highest BCUT2D eigenvalue weighted by Crippen LogP contribution is 2.19. The fourth-order valence-corrected chi connectivity index (χ4v) is 5.09. The van der Waals surface area contributed by atoms with Crippen molar-refractivity contribution >= 4 is 0 Å². The van der Waals surface area contributed by atoms with Crippen molar-refractivity contribution in [3.63, 3.8) is 0 Å². The summed E-state index contributed by atoms with van der Waals surface area (Å²) in [5, 5.41) is 0. The molecule has 0 aliphatic rings. The molecule has 0 saturated heterocycles. The molecule has 0 heteroatoms. The van der Waals surface area contributed by atoms with E-state index in [1.54, 1.807) is 5.57 Å². The SMILES string of the molecule is CC=C(CCCCCCCCC=CCC=CCCCCC)CCCCCCCCC=CCC=CCCCCC. The molecule has 0 heterocycles. The van der Waals surface area contributed by atoms with Gasteiger partial charge in [-0.15, -0.1) is 0 Å². The highest BCUT2D eigenvalue weighted by molar-refractivity contribution is 5.00. The molecule has 0 spiro atoms. The van der Waals surface area contributed by atoms with Crippen LogP contribution in [0.1, 0.15) is 188 Å². The van der Waals surface area contributed by atoms with Gasteiger partial charge in [0.2, 0.25) is 0 Å². The minimum atomic E-state index is 1.12. The zero-order valence-corrected chi connectivity index (χ0v) is 27.1. The van der Waals surface area contributed by atoms with Crippen LogP contribution in [0, 0.1) is 0 Å². The molecule has 0 aromatic heterocycles. The van der Waals surface area contributed by atoms with Gasteiger partial charge in [-0.25, -0.2) is 0 Å². The van der Waals surface area contributed by atoms with E-state index in [2.05, 4.69) is 75.5 Å². The molecule has 0 atom stereocenters. The third kappa shape index (κ3) is 32.8. The zero-order valence-electron chi connectivity index (χ0n) is 27.1. The molecular weight excluding hydrogens is 468 g/mol. The summed E-state index contributed by atoms with van der Waals surface area (Å²) >= 11 is 0. The molecule has 0 aliphatic carbocycles. The van der Waals surface area contributed by atoms with Crippen LogP contribution in [-0.2, 0) is 0 Å². The first kappa shape index (κ1) is 37.7. The summed E-state index contributed by atoms with van der Waals surface area (Å²) in [5.74, 6) is 0. The van der Waals surface area contributed by atoms with Gasteiger partial charge in [-0.3, -0.25) is 0 Å². The lowest BCUT2D eigenvalue weighted by Gasteiger charge is -2.07. The Kier molecular flexibility index (Phi) is 33.6. The first-order valence-corrected chi connectivity index (χ1v) is 17.6. The average molecular weight is 539 g/mol. The first-order valence-electron chi connectivity index (χ1n) is 17.6. The third-order valence-corrected chi connectivity index (χ3v) is 7.81. The van der Waals surface area contributed by atoms with Crippen molar-refractivity contribution < 1.29 is 0 Å². The maximum absolute atomic E-state index is 2.40. The average Bonchev–Trinajstić information content (AvgIpc) is 2.95. The van der Waals surface area contributed by atoms with Crippen molar-refractivity contribution in [2.75, 3.05) is 0 Å². The molecule has 0 radical (unpaired) electrons. The second kappa shape index (κ2) is 34.7. The minimum absolute atomic E-state index is 1.12. The van der Waals surface area contributed by atoms with Crippen molar-refractivity contribution in [1.29, 1.82) is 0 Å². The summed E-state index contributed by atoms with van der Waals surface area (Å²) in [6, 6.07) is 0. The molecule has 0 amide bonds. The molecule has 0 unspecified atom stereocenters. The number of unbranched alkanes of at least 4 members (excludes halogenated alkanes) is 18. The molecule has 0 nitrogen and oxygen atoms in total. The molecule has 0 fully saturated rings. The van der Waals surface area contributed by atoms with E-state index < -0.39 is 0 Å². The molecule has 0 aromatic carbocycles. The van der Waals surface area contributed by atoms with Crippen molar-refractivity contribution in [2.24, 2.45) is 0 Å². The number of allylic oxidation sites excluding steroid dienone is 10. The fourth-order valence-electron chi connectivity index (χ4n) is 5.09. The van der Waals surface area contributed by atoms with Gasteiger partial charge in [0.05, 0.1) is 0 Å². The van der Waals surface area contributed by atoms with E-state index >= 15 is 0 Å². The Morgan fingerprint density at radius 3 is 1.00 bits per heavy atom. The second-order valence-electron chi connectivity index (χ2n) is 11.6. The fraction of sp³-hybridized carbons (Fsp3) is 0.744. The standard InChI is InChI=1S/C39H70/c1-4-7-9-11-13-15-17-19-21-23-25-27-29-31-33-35-37-39(6-3)38-36-34-32-30-28-26-24-22-20-18-16-14-12-10-8-5-2/h6,13-16,19-22H,4-5,7-12,17-18,23-38H2,1-3H3. The molecule has 226 valence electrons. The Labute approximate surface area is 247 Å². The van der Waals surface area contributed by atoms with Crippen LogP contribution < -0.4 is 0 Å². The summed E-state index contributed by atoms with van der Waals surface area (Å²) < 4.78 is 0. The van der Waals surface area contributed by atoms with E-state index in [-0.39, 0.29) is 0 Å². The van der Waals surface area contributed by atoms with Gasteiger partial charge in [0, 0.05) is 0 Å². The topological polar surface area (TPSA) is 0 Å². The van der Waals surface area contributed by atoms with Gasteiger partial charge in [0.15, 0.2) is 0 Å². The van der Waals surface area contributed by atoms with Gasteiger partial charge < -0.3 is 0 Å². The lowest BCUT2D eigenvalue weighted by Crippen LogP contribution is -1.88. The maximum Gasteiger partial charge on any atom is -0.0169 e. The predicted octanol–water partition coefficient (Wildman–Crippen LogP) is 14.3. The number of hydrogen-bond acceptors (Lipinski definition) is 0. The monoisotopic (exact) mass is 539 g/mol. The second-order valence-corrected chi connectivity index (χ2v) is 11.6. The molecule has 0 N–H and O–H groups in total. The highest BCUT2D eigenvalue weighted by atomic mass is 14.0. The minimum Gasteiger partial charge on any atom is -0.0885 e. The lowest BCUT2D eigenvalue weighted by molar-refractivity contribution is 0.575. The highest BCUT2D eigenvalue weighted by Gasteiger charge is 1.99. The number of hydrogen-bond donors (Lipinski definition) is 0. The molecule has 0 aliphatic heterocycles. The Morgan fingerprint density at radius 1 is 0.359 bits per heavy atom. The predicted molar refractivity (Wildman–Crippen MR) is 182 cm³/mol. The van der Waals surface area contributed by atoms with E-state index in [4.69, 9.17) is 0 Å². The normalized spacial score (nSPS) is 12.2. The van der Waals surface area contributed by atoms with Gasteiger partial charge in [-0.2, -0.15) is 0 Å². The summed E-state index contributed by atoms with van der Waals surface area (Å²) in [4.78, 5) is 0. The Hall–Kier alpha value is -1.30. The van der Waals surface area contributed by atoms with Crippen LogP contribution in [0.3, 0.4) is 0 Å². The summed E-state index contributed by atoms with van der Waals surface area (Å²) in [6.07, 6.45) is 56.2. The van der Waals surface area contributed by atoms with Crippen LogP contribution in [0.15, 0.2) is 60.3 Å². The van der Waals surface area contributed by atoms with Crippen LogP contribution in [0.5, 0.6) is 0 Å². The first-order chi connectivity index (χ1) is 19.3. The zero-order chi connectivity index (χ0) is 28.3. The van der Waals surface area contributed by atoms with E-state index in [9.17, 15) is 0 Å². The number of rotatable bonds is 30. The van der Waals surface area contributed by atoms with Crippen molar-refractivity contribution in [3.05, 3.63) is 60.3 Å². The van der Waals surface area contributed by atoms with Crippen molar-refractivity contribution in [1.82, 2.24) is 0 Å². The Balaban J connectivity index is 3.42. The van der Waals surface area contributed by atoms with Crippen molar-refractivity contribution in [2.45, 2.75) is 188 Å². The maximum atomic E-state index is 2.40. The lowest BCUT2D eigenvalue weighted by atomic mass is 9.99. The van der Waals surface area contributed by atoms with E-state index in [0.29, 0.717) is 0 Å².